The van der Waals surface area contributed by atoms with Gasteiger partial charge in [-0.25, -0.2) is 4.98 Å². The Balaban J connectivity index is 2.63. The molecule has 17 heavy (non-hydrogen) atoms. The molecular formula is C13H25N3O. The molecule has 1 heterocycles. The van der Waals surface area contributed by atoms with Gasteiger partial charge in [0.15, 0.2) is 0 Å². The van der Waals surface area contributed by atoms with Crippen LogP contribution in [0, 0.1) is 6.92 Å². The molecule has 98 valence electrons. The van der Waals surface area contributed by atoms with Crippen LogP contribution in [0.5, 0.6) is 0 Å². The Bertz CT molecular complexity index is 344. The first kappa shape index (κ1) is 14.0. The minimum absolute atomic E-state index is 0.171. The summed E-state index contributed by atoms with van der Waals surface area (Å²) in [5, 5.41) is 3.36. The van der Waals surface area contributed by atoms with E-state index in [9.17, 15) is 0 Å². The van der Waals surface area contributed by atoms with Crippen molar-refractivity contribution < 1.29 is 4.74 Å². The number of rotatable bonds is 7. The van der Waals surface area contributed by atoms with E-state index in [1.165, 1.54) is 12.8 Å². The summed E-state index contributed by atoms with van der Waals surface area (Å²) in [7, 11) is 1.73. The van der Waals surface area contributed by atoms with Gasteiger partial charge in [0.1, 0.15) is 0 Å². The third-order valence-electron chi connectivity index (χ3n) is 2.87. The number of imidazole rings is 1. The van der Waals surface area contributed by atoms with Crippen LogP contribution in [0.25, 0.3) is 0 Å². The van der Waals surface area contributed by atoms with Gasteiger partial charge in [-0.2, -0.15) is 0 Å². The molecule has 0 amide bonds. The van der Waals surface area contributed by atoms with Crippen molar-refractivity contribution in [3.05, 3.63) is 11.9 Å². The first-order valence-electron chi connectivity index (χ1n) is 6.31. The molecule has 1 N–H and O–H groups in total. The van der Waals surface area contributed by atoms with Crippen LogP contribution in [-0.2, 0) is 11.3 Å². The highest BCUT2D eigenvalue weighted by Gasteiger charge is 2.17. The van der Waals surface area contributed by atoms with E-state index in [1.54, 1.807) is 7.11 Å². The van der Waals surface area contributed by atoms with Crippen LogP contribution in [0.15, 0.2) is 6.20 Å². The second-order valence-corrected chi connectivity index (χ2v) is 5.07. The van der Waals surface area contributed by atoms with Crippen molar-refractivity contribution in [2.75, 3.05) is 19.0 Å². The van der Waals surface area contributed by atoms with E-state index in [4.69, 9.17) is 4.74 Å². The SMILES string of the molecule is CCCCn1cc(C)nc1NCC(C)(C)OC. The number of nitrogens with one attached hydrogen (secondary N) is 1. The highest BCUT2D eigenvalue weighted by molar-refractivity contribution is 5.29. The molecule has 4 heteroatoms. The van der Waals surface area contributed by atoms with E-state index in [-0.39, 0.29) is 5.60 Å². The third kappa shape index (κ3) is 4.38. The van der Waals surface area contributed by atoms with Gasteiger partial charge in [0, 0.05) is 26.4 Å². The molecule has 1 rings (SSSR count). The highest BCUT2D eigenvalue weighted by Crippen LogP contribution is 2.13. The maximum absolute atomic E-state index is 5.39. The molecule has 0 unspecified atom stereocenters. The second-order valence-electron chi connectivity index (χ2n) is 5.07. The fourth-order valence-electron chi connectivity index (χ4n) is 1.55. The molecule has 0 atom stereocenters. The van der Waals surface area contributed by atoms with E-state index in [1.807, 2.05) is 6.92 Å². The Kier molecular flexibility index (Phi) is 5.00. The van der Waals surface area contributed by atoms with Crippen molar-refractivity contribution in [2.24, 2.45) is 0 Å². The second kappa shape index (κ2) is 6.05. The largest absolute Gasteiger partial charge is 0.377 e. The Labute approximate surface area is 104 Å². The molecule has 0 spiro atoms. The molecule has 0 saturated carbocycles. The van der Waals surface area contributed by atoms with Gasteiger partial charge in [0.2, 0.25) is 5.95 Å². The molecule has 1 aromatic rings. The number of unbranched alkanes of at least 4 members (excludes halogenated alkanes) is 1. The van der Waals surface area contributed by atoms with Gasteiger partial charge < -0.3 is 14.6 Å². The van der Waals surface area contributed by atoms with Crippen LogP contribution in [0.4, 0.5) is 5.95 Å². The average molecular weight is 239 g/mol. The zero-order chi connectivity index (χ0) is 12.9. The molecule has 4 nitrogen and oxygen atoms in total. The molecule has 0 radical (unpaired) electrons. The highest BCUT2D eigenvalue weighted by atomic mass is 16.5. The van der Waals surface area contributed by atoms with Crippen molar-refractivity contribution in [1.82, 2.24) is 9.55 Å². The summed E-state index contributed by atoms with van der Waals surface area (Å²) in [6.07, 6.45) is 4.47. The van der Waals surface area contributed by atoms with Crippen LogP contribution in [-0.4, -0.2) is 28.8 Å². The van der Waals surface area contributed by atoms with E-state index >= 15 is 0 Å². The Morgan fingerprint density at radius 2 is 2.18 bits per heavy atom. The van der Waals surface area contributed by atoms with Crippen LogP contribution in [0.1, 0.15) is 39.3 Å². The van der Waals surface area contributed by atoms with Crippen molar-refractivity contribution >= 4 is 5.95 Å². The molecule has 0 aliphatic rings. The lowest BCUT2D eigenvalue weighted by atomic mass is 10.1. The summed E-state index contributed by atoms with van der Waals surface area (Å²) in [6.45, 7) is 10.1. The number of anilines is 1. The summed E-state index contributed by atoms with van der Waals surface area (Å²) in [5.41, 5.74) is 0.883. The first-order chi connectivity index (χ1) is 7.98. The normalized spacial score (nSPS) is 11.8. The molecule has 0 aliphatic carbocycles. The number of methoxy groups -OCH3 is 1. The van der Waals surface area contributed by atoms with E-state index in [0.29, 0.717) is 0 Å². The number of hydrogen-bond donors (Lipinski definition) is 1. The first-order valence-corrected chi connectivity index (χ1v) is 6.31. The summed E-state index contributed by atoms with van der Waals surface area (Å²) in [4.78, 5) is 4.50. The van der Waals surface area contributed by atoms with Crippen molar-refractivity contribution in [3.63, 3.8) is 0 Å². The number of nitrogens with zero attached hydrogens (tertiary/aromatic N) is 2. The summed E-state index contributed by atoms with van der Waals surface area (Å²) in [5.74, 6) is 0.945. The predicted octanol–water partition coefficient (Wildman–Crippen LogP) is 2.83. The summed E-state index contributed by atoms with van der Waals surface area (Å²) < 4.78 is 7.57. The monoisotopic (exact) mass is 239 g/mol. The molecule has 0 aliphatic heterocycles. The van der Waals surface area contributed by atoms with Crippen LogP contribution < -0.4 is 5.32 Å². The summed E-state index contributed by atoms with van der Waals surface area (Å²) in [6, 6.07) is 0. The fraction of sp³-hybridized carbons (Fsp3) is 0.769. The van der Waals surface area contributed by atoms with Gasteiger partial charge in [-0.05, 0) is 27.2 Å². The topological polar surface area (TPSA) is 39.1 Å². The molecule has 1 aromatic heterocycles. The van der Waals surface area contributed by atoms with Gasteiger partial charge in [0.25, 0.3) is 0 Å². The number of ether oxygens (including phenoxy) is 1. The van der Waals surface area contributed by atoms with E-state index in [0.717, 1.165) is 24.7 Å². The summed E-state index contributed by atoms with van der Waals surface area (Å²) >= 11 is 0. The number of aromatic nitrogens is 2. The van der Waals surface area contributed by atoms with Gasteiger partial charge >= 0.3 is 0 Å². The zero-order valence-corrected chi connectivity index (χ0v) is 11.7. The van der Waals surface area contributed by atoms with Gasteiger partial charge in [-0.3, -0.25) is 0 Å². The average Bonchev–Trinajstić information content (AvgIpc) is 2.64. The standard InChI is InChI=1S/C13H25N3O/c1-6-7-8-16-9-11(2)15-12(16)14-10-13(3,4)17-5/h9H,6-8,10H2,1-5H3,(H,14,15). The Morgan fingerprint density at radius 3 is 2.76 bits per heavy atom. The van der Waals surface area contributed by atoms with E-state index in [2.05, 4.69) is 41.8 Å². The lowest BCUT2D eigenvalue weighted by molar-refractivity contribution is 0.0342. The smallest absolute Gasteiger partial charge is 0.203 e. The molecule has 0 fully saturated rings. The maximum Gasteiger partial charge on any atom is 0.203 e. The van der Waals surface area contributed by atoms with Gasteiger partial charge in [0.05, 0.1) is 11.3 Å². The minimum atomic E-state index is -0.171. The van der Waals surface area contributed by atoms with Crippen LogP contribution in [0.2, 0.25) is 0 Å². The quantitative estimate of drug-likeness (QED) is 0.795. The zero-order valence-electron chi connectivity index (χ0n) is 11.7. The maximum atomic E-state index is 5.39. The molecule has 0 aromatic carbocycles. The van der Waals surface area contributed by atoms with Crippen LogP contribution >= 0.6 is 0 Å². The minimum Gasteiger partial charge on any atom is -0.377 e. The molecule has 0 bridgehead atoms. The van der Waals surface area contributed by atoms with Gasteiger partial charge in [-0.15, -0.1) is 0 Å². The predicted molar refractivity (Wildman–Crippen MR) is 71.4 cm³/mol. The molecule has 0 saturated heterocycles. The lowest BCUT2D eigenvalue weighted by Gasteiger charge is -2.23. The lowest BCUT2D eigenvalue weighted by Crippen LogP contribution is -2.32. The number of aryl methyl sites for hydroxylation is 2. The fourth-order valence-corrected chi connectivity index (χ4v) is 1.55. The van der Waals surface area contributed by atoms with E-state index < -0.39 is 0 Å². The third-order valence-corrected chi connectivity index (χ3v) is 2.87. The van der Waals surface area contributed by atoms with Crippen molar-refractivity contribution in [3.8, 4) is 0 Å². The number of hydrogen-bond acceptors (Lipinski definition) is 3. The molecular weight excluding hydrogens is 214 g/mol. The van der Waals surface area contributed by atoms with Crippen molar-refractivity contribution in [1.29, 1.82) is 0 Å². The van der Waals surface area contributed by atoms with Crippen LogP contribution in [0.3, 0.4) is 0 Å². The van der Waals surface area contributed by atoms with Gasteiger partial charge in [-0.1, -0.05) is 13.3 Å². The van der Waals surface area contributed by atoms with Crippen molar-refractivity contribution in [2.45, 2.75) is 52.7 Å². The Morgan fingerprint density at radius 1 is 1.47 bits per heavy atom. The Hall–Kier alpha value is -1.03.